The maximum Gasteiger partial charge on any atom is 0.000708 e. The van der Waals surface area contributed by atoms with Crippen molar-refractivity contribution < 1.29 is 0 Å². The Labute approximate surface area is 76.6 Å². The second-order valence-electron chi connectivity index (χ2n) is 3.56. The van der Waals surface area contributed by atoms with Gasteiger partial charge in [-0.2, -0.15) is 0 Å². The molecule has 0 aromatic rings. The predicted octanol–water partition coefficient (Wildman–Crippen LogP) is 2.55. The zero-order valence-corrected chi connectivity index (χ0v) is 8.49. The lowest BCUT2D eigenvalue weighted by Gasteiger charge is -2.08. The Kier molecular flexibility index (Phi) is 5.98. The highest BCUT2D eigenvalue weighted by Crippen LogP contribution is 2.19. The van der Waals surface area contributed by atoms with E-state index in [-0.39, 0.29) is 12.4 Å². The third-order valence-electron chi connectivity index (χ3n) is 2.45. The fraction of sp³-hybridized carbons (Fsp3) is 1.00. The monoisotopic (exact) mass is 177 g/mol. The Hall–Kier alpha value is 0.250. The smallest absolute Gasteiger partial charge is 0.000708 e. The first-order valence-electron chi connectivity index (χ1n) is 4.51. The van der Waals surface area contributed by atoms with Gasteiger partial charge in [-0.05, 0) is 32.4 Å². The van der Waals surface area contributed by atoms with Gasteiger partial charge in [-0.25, -0.2) is 0 Å². The highest BCUT2D eigenvalue weighted by molar-refractivity contribution is 5.85. The third-order valence-corrected chi connectivity index (χ3v) is 2.45. The second kappa shape index (κ2) is 5.84. The van der Waals surface area contributed by atoms with Gasteiger partial charge in [0.2, 0.25) is 0 Å². The van der Waals surface area contributed by atoms with Crippen LogP contribution in [0.25, 0.3) is 0 Å². The molecule has 0 aromatic heterocycles. The first-order valence-corrected chi connectivity index (χ1v) is 4.51. The number of rotatable bonds is 3. The van der Waals surface area contributed by atoms with Crippen molar-refractivity contribution >= 4 is 12.4 Å². The van der Waals surface area contributed by atoms with Crippen LogP contribution in [0.15, 0.2) is 0 Å². The van der Waals surface area contributed by atoms with Crippen molar-refractivity contribution in [2.75, 3.05) is 20.1 Å². The molecule has 11 heavy (non-hydrogen) atoms. The van der Waals surface area contributed by atoms with Gasteiger partial charge in [-0.3, -0.25) is 0 Å². The summed E-state index contributed by atoms with van der Waals surface area (Å²) in [6.07, 6.45) is 5.69. The van der Waals surface area contributed by atoms with E-state index < -0.39 is 0 Å². The summed E-state index contributed by atoms with van der Waals surface area (Å²) in [6, 6.07) is 0. The van der Waals surface area contributed by atoms with Gasteiger partial charge in [0, 0.05) is 6.54 Å². The van der Waals surface area contributed by atoms with E-state index in [4.69, 9.17) is 0 Å². The van der Waals surface area contributed by atoms with Gasteiger partial charge in [0.15, 0.2) is 0 Å². The molecule has 2 heteroatoms. The van der Waals surface area contributed by atoms with Crippen molar-refractivity contribution in [3.8, 4) is 0 Å². The van der Waals surface area contributed by atoms with E-state index in [2.05, 4.69) is 18.9 Å². The average molecular weight is 178 g/mol. The highest BCUT2D eigenvalue weighted by atomic mass is 35.5. The molecule has 1 aliphatic heterocycles. The lowest BCUT2D eigenvalue weighted by molar-refractivity contribution is 0.384. The van der Waals surface area contributed by atoms with E-state index in [1.807, 2.05) is 0 Å². The van der Waals surface area contributed by atoms with E-state index in [0.29, 0.717) is 0 Å². The molecule has 1 atom stereocenters. The van der Waals surface area contributed by atoms with Crippen LogP contribution in [0.3, 0.4) is 0 Å². The zero-order valence-electron chi connectivity index (χ0n) is 7.68. The van der Waals surface area contributed by atoms with E-state index in [9.17, 15) is 0 Å². The van der Waals surface area contributed by atoms with E-state index in [1.54, 1.807) is 0 Å². The Morgan fingerprint density at radius 1 is 1.45 bits per heavy atom. The quantitative estimate of drug-likeness (QED) is 0.641. The van der Waals surface area contributed by atoms with Gasteiger partial charge >= 0.3 is 0 Å². The molecule has 68 valence electrons. The summed E-state index contributed by atoms with van der Waals surface area (Å²) in [5.41, 5.74) is 0. The molecule has 0 aliphatic carbocycles. The van der Waals surface area contributed by atoms with Gasteiger partial charge in [-0.1, -0.05) is 19.8 Å². The SMILES string of the molecule is CCCCC1CCN(C)C1.Cl. The normalized spacial score (nSPS) is 25.1. The Morgan fingerprint density at radius 2 is 2.18 bits per heavy atom. The molecule has 0 N–H and O–H groups in total. The molecule has 0 spiro atoms. The van der Waals surface area contributed by atoms with Crippen LogP contribution < -0.4 is 0 Å². The number of hydrogen-bond acceptors (Lipinski definition) is 1. The highest BCUT2D eigenvalue weighted by Gasteiger charge is 2.17. The minimum absolute atomic E-state index is 0. The van der Waals surface area contributed by atoms with Crippen molar-refractivity contribution in [3.63, 3.8) is 0 Å². The van der Waals surface area contributed by atoms with Gasteiger partial charge in [0.1, 0.15) is 0 Å². The van der Waals surface area contributed by atoms with Crippen LogP contribution in [-0.4, -0.2) is 25.0 Å². The van der Waals surface area contributed by atoms with E-state index in [1.165, 1.54) is 38.8 Å². The van der Waals surface area contributed by atoms with Gasteiger partial charge in [-0.15, -0.1) is 12.4 Å². The summed E-state index contributed by atoms with van der Waals surface area (Å²) in [7, 11) is 2.23. The first-order chi connectivity index (χ1) is 4.83. The molecule has 1 aliphatic rings. The number of nitrogens with zero attached hydrogens (tertiary/aromatic N) is 1. The minimum Gasteiger partial charge on any atom is -0.306 e. The maximum absolute atomic E-state index is 2.44. The van der Waals surface area contributed by atoms with Crippen LogP contribution in [0.1, 0.15) is 32.6 Å². The summed E-state index contributed by atoms with van der Waals surface area (Å²) in [6.45, 7) is 4.95. The maximum atomic E-state index is 2.44. The number of halogens is 1. The van der Waals surface area contributed by atoms with Crippen LogP contribution in [0.5, 0.6) is 0 Å². The summed E-state index contributed by atoms with van der Waals surface area (Å²) < 4.78 is 0. The average Bonchev–Trinajstić information content (AvgIpc) is 2.31. The van der Waals surface area contributed by atoms with Crippen LogP contribution >= 0.6 is 12.4 Å². The lowest BCUT2D eigenvalue weighted by Crippen LogP contribution is -2.13. The molecule has 1 unspecified atom stereocenters. The topological polar surface area (TPSA) is 3.24 Å². The largest absolute Gasteiger partial charge is 0.306 e. The summed E-state index contributed by atoms with van der Waals surface area (Å²) in [5, 5.41) is 0. The fourth-order valence-electron chi connectivity index (χ4n) is 1.75. The Balaban J connectivity index is 0.000001000. The summed E-state index contributed by atoms with van der Waals surface area (Å²) >= 11 is 0. The molecule has 1 nitrogen and oxygen atoms in total. The third kappa shape index (κ3) is 3.97. The van der Waals surface area contributed by atoms with Crippen molar-refractivity contribution in [2.24, 2.45) is 5.92 Å². The first kappa shape index (κ1) is 11.2. The molecule has 1 rings (SSSR count). The van der Waals surface area contributed by atoms with Crippen LogP contribution in [0.2, 0.25) is 0 Å². The molecule has 0 saturated carbocycles. The molecule has 0 radical (unpaired) electrons. The minimum atomic E-state index is 0. The number of hydrogen-bond donors (Lipinski definition) is 0. The molecule has 1 saturated heterocycles. The van der Waals surface area contributed by atoms with E-state index in [0.717, 1.165) is 5.92 Å². The summed E-state index contributed by atoms with van der Waals surface area (Å²) in [4.78, 5) is 2.44. The standard InChI is InChI=1S/C9H19N.ClH/c1-3-4-5-9-6-7-10(2)8-9;/h9H,3-8H2,1-2H3;1H. The predicted molar refractivity (Wildman–Crippen MR) is 52.4 cm³/mol. The summed E-state index contributed by atoms with van der Waals surface area (Å²) in [5.74, 6) is 1.02. The molecule has 1 fully saturated rings. The van der Waals surface area contributed by atoms with Crippen LogP contribution in [0.4, 0.5) is 0 Å². The van der Waals surface area contributed by atoms with Crippen molar-refractivity contribution in [1.29, 1.82) is 0 Å². The molecule has 0 bridgehead atoms. The molecule has 0 amide bonds. The van der Waals surface area contributed by atoms with Gasteiger partial charge in [0.05, 0.1) is 0 Å². The number of likely N-dealkylation sites (tertiary alicyclic amines) is 1. The van der Waals surface area contributed by atoms with Crippen molar-refractivity contribution in [2.45, 2.75) is 32.6 Å². The van der Waals surface area contributed by atoms with Crippen LogP contribution in [0, 0.1) is 5.92 Å². The van der Waals surface area contributed by atoms with Gasteiger partial charge in [0.25, 0.3) is 0 Å². The molecule has 0 aromatic carbocycles. The molecular formula is C9H20ClN. The zero-order chi connectivity index (χ0) is 7.40. The van der Waals surface area contributed by atoms with Gasteiger partial charge < -0.3 is 4.90 Å². The van der Waals surface area contributed by atoms with Crippen molar-refractivity contribution in [1.82, 2.24) is 4.90 Å². The molecular weight excluding hydrogens is 158 g/mol. The second-order valence-corrected chi connectivity index (χ2v) is 3.56. The molecule has 1 heterocycles. The van der Waals surface area contributed by atoms with E-state index >= 15 is 0 Å². The number of unbranched alkanes of at least 4 members (excludes halogenated alkanes) is 1. The Bertz CT molecular complexity index is 95.6. The fourth-order valence-corrected chi connectivity index (χ4v) is 1.75. The van der Waals surface area contributed by atoms with Crippen LogP contribution in [-0.2, 0) is 0 Å². The van der Waals surface area contributed by atoms with Crippen molar-refractivity contribution in [3.05, 3.63) is 0 Å². The lowest BCUT2D eigenvalue weighted by atomic mass is 10.0. The Morgan fingerprint density at radius 3 is 2.64 bits per heavy atom.